The molecule has 20 heavy (non-hydrogen) atoms. The van der Waals surface area contributed by atoms with E-state index in [1.165, 1.54) is 19.3 Å². The summed E-state index contributed by atoms with van der Waals surface area (Å²) in [6.07, 6.45) is 10.4. The molecule has 2 bridgehead atoms. The fourth-order valence-electron chi connectivity index (χ4n) is 4.54. The van der Waals surface area contributed by atoms with Gasteiger partial charge in [0.15, 0.2) is 0 Å². The Morgan fingerprint density at radius 2 is 1.95 bits per heavy atom. The highest BCUT2D eigenvalue weighted by molar-refractivity contribution is 5.74. The lowest BCUT2D eigenvalue weighted by molar-refractivity contribution is -0.161. The van der Waals surface area contributed by atoms with Gasteiger partial charge >= 0.3 is 5.97 Å². The Kier molecular flexibility index (Phi) is 3.92. The van der Waals surface area contributed by atoms with Gasteiger partial charge in [-0.05, 0) is 55.3 Å². The first kappa shape index (κ1) is 14.2. The number of carbonyl (C=O) groups is 1. The Labute approximate surface area is 123 Å². The van der Waals surface area contributed by atoms with Crippen molar-refractivity contribution >= 4 is 5.97 Å². The Morgan fingerprint density at radius 1 is 1.15 bits per heavy atom. The monoisotopic (exact) mass is 276 g/mol. The largest absolute Gasteiger partial charge is 0.462 e. The van der Waals surface area contributed by atoms with Gasteiger partial charge in [0.1, 0.15) is 6.10 Å². The molecule has 0 aromatic rings. The highest BCUT2D eigenvalue weighted by Gasteiger charge is 2.42. The third kappa shape index (κ3) is 2.66. The van der Waals surface area contributed by atoms with E-state index in [4.69, 9.17) is 4.74 Å². The molecule has 0 N–H and O–H groups in total. The minimum atomic E-state index is 0.0894. The highest BCUT2D eigenvalue weighted by atomic mass is 16.5. The van der Waals surface area contributed by atoms with Crippen molar-refractivity contribution in [3.63, 3.8) is 0 Å². The van der Waals surface area contributed by atoms with Gasteiger partial charge in [-0.1, -0.05) is 39.3 Å². The summed E-state index contributed by atoms with van der Waals surface area (Å²) in [5, 5.41) is 0. The van der Waals surface area contributed by atoms with Gasteiger partial charge in [-0.3, -0.25) is 4.79 Å². The number of esters is 1. The molecule has 2 nitrogen and oxygen atoms in total. The van der Waals surface area contributed by atoms with Crippen molar-refractivity contribution in [2.45, 2.75) is 59.0 Å². The molecule has 0 unspecified atom stereocenters. The first-order valence-electron chi connectivity index (χ1n) is 8.43. The second-order valence-corrected chi connectivity index (χ2v) is 7.69. The molecular formula is C18H28O2. The molecule has 0 saturated heterocycles. The number of rotatable bonds is 3. The van der Waals surface area contributed by atoms with E-state index in [9.17, 15) is 4.79 Å². The second kappa shape index (κ2) is 5.54. The molecule has 112 valence electrons. The fraction of sp³-hybridized carbons (Fsp3) is 0.833. The van der Waals surface area contributed by atoms with E-state index in [-0.39, 0.29) is 18.0 Å². The third-order valence-electron chi connectivity index (χ3n) is 5.81. The fourth-order valence-corrected chi connectivity index (χ4v) is 4.54. The van der Waals surface area contributed by atoms with Gasteiger partial charge < -0.3 is 4.74 Å². The molecule has 2 fully saturated rings. The van der Waals surface area contributed by atoms with Gasteiger partial charge in [0.2, 0.25) is 0 Å². The predicted octanol–water partition coefficient (Wildman–Crippen LogP) is 4.20. The average molecular weight is 276 g/mol. The summed E-state index contributed by atoms with van der Waals surface area (Å²) >= 11 is 0. The van der Waals surface area contributed by atoms with Crippen LogP contribution in [0.25, 0.3) is 0 Å². The van der Waals surface area contributed by atoms with Gasteiger partial charge in [0.25, 0.3) is 0 Å². The Morgan fingerprint density at radius 3 is 2.55 bits per heavy atom. The number of fused-ring (bicyclic) bond motifs is 2. The van der Waals surface area contributed by atoms with Crippen LogP contribution in [0.15, 0.2) is 12.2 Å². The summed E-state index contributed by atoms with van der Waals surface area (Å²) in [6.45, 7) is 6.82. The van der Waals surface area contributed by atoms with Crippen LogP contribution in [0.2, 0.25) is 0 Å². The van der Waals surface area contributed by atoms with E-state index < -0.39 is 0 Å². The molecule has 0 aromatic carbocycles. The van der Waals surface area contributed by atoms with E-state index in [0.717, 1.165) is 12.8 Å². The van der Waals surface area contributed by atoms with Gasteiger partial charge in [-0.15, -0.1) is 0 Å². The van der Waals surface area contributed by atoms with Crippen molar-refractivity contribution in [2.24, 2.45) is 35.5 Å². The standard InChI is InChI=1S/C18H28O2/c1-11(2)15-7-4-12(3)8-17(15)20-18(19)16-10-13-5-6-14(16)9-13/h5-6,11-17H,4,7-10H2,1-3H3/t12-,13-,14+,15+,16+,17-/m0/s1. The zero-order chi connectivity index (χ0) is 14.3. The summed E-state index contributed by atoms with van der Waals surface area (Å²) in [6, 6.07) is 0. The van der Waals surface area contributed by atoms with E-state index in [1.807, 2.05) is 0 Å². The smallest absolute Gasteiger partial charge is 0.309 e. The van der Waals surface area contributed by atoms with Crippen LogP contribution >= 0.6 is 0 Å². The van der Waals surface area contributed by atoms with E-state index in [0.29, 0.717) is 29.6 Å². The number of hydrogen-bond acceptors (Lipinski definition) is 2. The number of allylic oxidation sites excluding steroid dienone is 2. The minimum Gasteiger partial charge on any atom is -0.462 e. The minimum absolute atomic E-state index is 0.0894. The Balaban J connectivity index is 1.63. The number of carbonyl (C=O) groups excluding carboxylic acids is 1. The van der Waals surface area contributed by atoms with Crippen LogP contribution < -0.4 is 0 Å². The van der Waals surface area contributed by atoms with Crippen molar-refractivity contribution in [1.29, 1.82) is 0 Å². The van der Waals surface area contributed by atoms with Crippen LogP contribution in [0, 0.1) is 35.5 Å². The zero-order valence-electron chi connectivity index (χ0n) is 13.0. The van der Waals surface area contributed by atoms with E-state index in [2.05, 4.69) is 32.9 Å². The Bertz CT molecular complexity index is 398. The second-order valence-electron chi connectivity index (χ2n) is 7.69. The number of ether oxygens (including phenoxy) is 1. The first-order valence-corrected chi connectivity index (χ1v) is 8.43. The summed E-state index contributed by atoms with van der Waals surface area (Å²) < 4.78 is 6.00. The summed E-state index contributed by atoms with van der Waals surface area (Å²) in [7, 11) is 0. The van der Waals surface area contributed by atoms with Crippen LogP contribution in [0.5, 0.6) is 0 Å². The quantitative estimate of drug-likeness (QED) is 0.570. The van der Waals surface area contributed by atoms with Gasteiger partial charge in [0.05, 0.1) is 5.92 Å². The molecule has 3 aliphatic carbocycles. The molecule has 0 spiro atoms. The van der Waals surface area contributed by atoms with Crippen LogP contribution in [-0.2, 0) is 9.53 Å². The summed E-state index contributed by atoms with van der Waals surface area (Å²) in [4.78, 5) is 12.5. The molecule has 2 heteroatoms. The maximum Gasteiger partial charge on any atom is 0.309 e. The molecule has 2 saturated carbocycles. The summed E-state index contributed by atoms with van der Waals surface area (Å²) in [5.74, 6) is 3.21. The van der Waals surface area contributed by atoms with Crippen LogP contribution in [-0.4, -0.2) is 12.1 Å². The normalized spacial score (nSPS) is 43.2. The topological polar surface area (TPSA) is 26.3 Å². The van der Waals surface area contributed by atoms with E-state index >= 15 is 0 Å². The number of hydrogen-bond donors (Lipinski definition) is 0. The third-order valence-corrected chi connectivity index (χ3v) is 5.81. The first-order chi connectivity index (χ1) is 9.54. The van der Waals surface area contributed by atoms with Gasteiger partial charge in [-0.2, -0.15) is 0 Å². The molecule has 0 aromatic heterocycles. The summed E-state index contributed by atoms with van der Waals surface area (Å²) in [5.41, 5.74) is 0. The lowest BCUT2D eigenvalue weighted by atomic mass is 9.75. The van der Waals surface area contributed by atoms with Crippen LogP contribution in [0.4, 0.5) is 0 Å². The van der Waals surface area contributed by atoms with Crippen molar-refractivity contribution < 1.29 is 9.53 Å². The molecule has 6 atom stereocenters. The van der Waals surface area contributed by atoms with Crippen molar-refractivity contribution in [3.05, 3.63) is 12.2 Å². The van der Waals surface area contributed by atoms with E-state index in [1.54, 1.807) is 0 Å². The molecule has 3 rings (SSSR count). The molecule has 0 aliphatic heterocycles. The van der Waals surface area contributed by atoms with Gasteiger partial charge in [-0.25, -0.2) is 0 Å². The lowest BCUT2D eigenvalue weighted by Gasteiger charge is -2.37. The van der Waals surface area contributed by atoms with Crippen molar-refractivity contribution in [2.75, 3.05) is 0 Å². The maximum atomic E-state index is 12.5. The predicted molar refractivity (Wildman–Crippen MR) is 80.1 cm³/mol. The molecule has 3 aliphatic rings. The Hall–Kier alpha value is -0.790. The molecular weight excluding hydrogens is 248 g/mol. The van der Waals surface area contributed by atoms with Crippen LogP contribution in [0.3, 0.4) is 0 Å². The maximum absolute atomic E-state index is 12.5. The highest BCUT2D eigenvalue weighted by Crippen LogP contribution is 2.45. The van der Waals surface area contributed by atoms with Gasteiger partial charge in [0, 0.05) is 0 Å². The SMILES string of the molecule is CC(C)[C@H]1CC[C@H](C)C[C@@H]1OC(=O)[C@@H]1C[C@H]2C=C[C@@H]1C2. The lowest BCUT2D eigenvalue weighted by Crippen LogP contribution is -2.37. The molecule has 0 amide bonds. The van der Waals surface area contributed by atoms with Crippen molar-refractivity contribution in [3.8, 4) is 0 Å². The average Bonchev–Trinajstić information content (AvgIpc) is 3.00. The van der Waals surface area contributed by atoms with Crippen LogP contribution in [0.1, 0.15) is 52.9 Å². The zero-order valence-corrected chi connectivity index (χ0v) is 13.0. The molecule has 0 heterocycles. The van der Waals surface area contributed by atoms with Crippen molar-refractivity contribution in [1.82, 2.24) is 0 Å². The molecule has 0 radical (unpaired) electrons.